The zero-order valence-electron chi connectivity index (χ0n) is 28.6. The van der Waals surface area contributed by atoms with Crippen molar-refractivity contribution in [2.45, 2.75) is 19.3 Å². The number of hydrogen-bond donors (Lipinski definition) is 0. The first kappa shape index (κ1) is 29.5. The predicted octanol–water partition coefficient (Wildman–Crippen LogP) is 13.8. The van der Waals surface area contributed by atoms with Gasteiger partial charge in [0.25, 0.3) is 0 Å². The van der Waals surface area contributed by atoms with Crippen LogP contribution in [0.3, 0.4) is 0 Å². The van der Waals surface area contributed by atoms with E-state index in [0.29, 0.717) is 0 Å². The van der Waals surface area contributed by atoms with Crippen molar-refractivity contribution in [3.05, 3.63) is 187 Å². The van der Waals surface area contributed by atoms with Crippen LogP contribution in [-0.2, 0) is 5.41 Å². The fraction of sp³-hybridized carbons (Fsp3) is 0.0612. The SMILES string of the molecule is CC1(C)c2ccccc2-c2cccc(N(c3ccccc3-c3ccccc3)c3ccccc3-c3cccc4c3oc3c5ccccc5ccc43)c21. The fourth-order valence-corrected chi connectivity index (χ4v) is 8.56. The van der Waals surface area contributed by atoms with Gasteiger partial charge in [0.05, 0.1) is 17.1 Å². The highest BCUT2D eigenvalue weighted by atomic mass is 16.3. The van der Waals surface area contributed by atoms with Crippen LogP contribution in [0.15, 0.2) is 180 Å². The molecule has 10 rings (SSSR count). The van der Waals surface area contributed by atoms with Crippen molar-refractivity contribution in [1.29, 1.82) is 0 Å². The van der Waals surface area contributed by atoms with Crippen molar-refractivity contribution < 1.29 is 4.42 Å². The van der Waals surface area contributed by atoms with Gasteiger partial charge >= 0.3 is 0 Å². The van der Waals surface area contributed by atoms with Gasteiger partial charge in [0.15, 0.2) is 0 Å². The van der Waals surface area contributed by atoms with Crippen LogP contribution in [0.25, 0.3) is 66.1 Å². The molecule has 0 saturated carbocycles. The number of benzene rings is 8. The Hall–Kier alpha value is -6.38. The molecule has 0 spiro atoms. The van der Waals surface area contributed by atoms with E-state index in [9.17, 15) is 0 Å². The molecule has 51 heavy (non-hydrogen) atoms. The monoisotopic (exact) mass is 653 g/mol. The lowest BCUT2D eigenvalue weighted by atomic mass is 9.81. The first-order valence-corrected chi connectivity index (χ1v) is 17.7. The zero-order valence-corrected chi connectivity index (χ0v) is 28.6. The van der Waals surface area contributed by atoms with Crippen molar-refractivity contribution in [2.24, 2.45) is 0 Å². The Bertz CT molecular complexity index is 2790. The van der Waals surface area contributed by atoms with E-state index in [1.807, 2.05) is 0 Å². The first-order chi connectivity index (χ1) is 25.1. The highest BCUT2D eigenvalue weighted by Crippen LogP contribution is 2.56. The molecule has 0 unspecified atom stereocenters. The molecule has 2 heteroatoms. The highest BCUT2D eigenvalue weighted by Gasteiger charge is 2.39. The summed E-state index contributed by atoms with van der Waals surface area (Å²) in [7, 11) is 0. The smallest absolute Gasteiger partial charge is 0.143 e. The van der Waals surface area contributed by atoms with Crippen LogP contribution >= 0.6 is 0 Å². The van der Waals surface area contributed by atoms with Crippen molar-refractivity contribution >= 4 is 49.8 Å². The summed E-state index contributed by atoms with van der Waals surface area (Å²) in [4.78, 5) is 2.50. The van der Waals surface area contributed by atoms with Crippen LogP contribution < -0.4 is 4.90 Å². The molecule has 2 nitrogen and oxygen atoms in total. The molecular weight excluding hydrogens is 619 g/mol. The third kappa shape index (κ3) is 4.43. The minimum atomic E-state index is -0.211. The first-order valence-electron chi connectivity index (χ1n) is 17.7. The molecule has 9 aromatic rings. The molecule has 0 bridgehead atoms. The number of fused-ring (bicyclic) bond motifs is 8. The molecule has 0 atom stereocenters. The van der Waals surface area contributed by atoms with E-state index in [2.05, 4.69) is 195 Å². The molecule has 0 aliphatic heterocycles. The minimum absolute atomic E-state index is 0.211. The average molecular weight is 654 g/mol. The fourth-order valence-electron chi connectivity index (χ4n) is 8.56. The lowest BCUT2D eigenvalue weighted by Gasteiger charge is -2.34. The summed E-state index contributed by atoms with van der Waals surface area (Å²) in [5.74, 6) is 0. The maximum Gasteiger partial charge on any atom is 0.143 e. The molecule has 0 saturated heterocycles. The molecule has 1 aromatic heterocycles. The molecular formula is C49H35NO. The van der Waals surface area contributed by atoms with Crippen LogP contribution in [-0.4, -0.2) is 0 Å². The van der Waals surface area contributed by atoms with Crippen molar-refractivity contribution in [3.63, 3.8) is 0 Å². The Morgan fingerprint density at radius 2 is 0.961 bits per heavy atom. The molecule has 242 valence electrons. The topological polar surface area (TPSA) is 16.4 Å². The Morgan fingerprint density at radius 1 is 0.392 bits per heavy atom. The second kappa shape index (κ2) is 11.3. The van der Waals surface area contributed by atoms with Crippen LogP contribution in [0.4, 0.5) is 17.1 Å². The molecule has 0 amide bonds. The lowest BCUT2D eigenvalue weighted by molar-refractivity contribution is 0.661. The quantitative estimate of drug-likeness (QED) is 0.184. The second-order valence-corrected chi connectivity index (χ2v) is 14.1. The molecule has 8 aromatic carbocycles. The number of anilines is 3. The Morgan fingerprint density at radius 3 is 1.80 bits per heavy atom. The van der Waals surface area contributed by atoms with Crippen LogP contribution in [0.2, 0.25) is 0 Å². The summed E-state index contributed by atoms with van der Waals surface area (Å²) in [6, 6.07) is 63.5. The van der Waals surface area contributed by atoms with E-state index in [1.54, 1.807) is 0 Å². The molecule has 1 aliphatic rings. The lowest BCUT2D eigenvalue weighted by Crippen LogP contribution is -2.21. The second-order valence-electron chi connectivity index (χ2n) is 14.1. The van der Waals surface area contributed by atoms with Crippen LogP contribution in [0.1, 0.15) is 25.0 Å². The minimum Gasteiger partial charge on any atom is -0.455 e. The van der Waals surface area contributed by atoms with Gasteiger partial charge in [-0.3, -0.25) is 0 Å². The molecule has 0 fully saturated rings. The van der Waals surface area contributed by atoms with Gasteiger partial charge in [-0.1, -0.05) is 166 Å². The van der Waals surface area contributed by atoms with Gasteiger partial charge in [-0.05, 0) is 57.5 Å². The van der Waals surface area contributed by atoms with Crippen LogP contribution in [0, 0.1) is 0 Å². The normalized spacial score (nSPS) is 13.1. The van der Waals surface area contributed by atoms with E-state index in [-0.39, 0.29) is 5.41 Å². The Labute approximate surface area is 297 Å². The van der Waals surface area contributed by atoms with E-state index in [1.165, 1.54) is 44.5 Å². The van der Waals surface area contributed by atoms with E-state index < -0.39 is 0 Å². The van der Waals surface area contributed by atoms with Gasteiger partial charge < -0.3 is 9.32 Å². The number of nitrogens with zero attached hydrogens (tertiary/aromatic N) is 1. The number of furan rings is 1. The van der Waals surface area contributed by atoms with Gasteiger partial charge in [-0.25, -0.2) is 0 Å². The Kier molecular flexibility index (Phi) is 6.56. The van der Waals surface area contributed by atoms with Crippen molar-refractivity contribution in [2.75, 3.05) is 4.90 Å². The summed E-state index contributed by atoms with van der Waals surface area (Å²) in [5, 5.41) is 4.56. The molecule has 1 heterocycles. The number of rotatable bonds is 5. The Balaban J connectivity index is 1.28. The largest absolute Gasteiger partial charge is 0.455 e. The van der Waals surface area contributed by atoms with Crippen molar-refractivity contribution in [1.82, 2.24) is 0 Å². The van der Waals surface area contributed by atoms with Gasteiger partial charge in [0, 0.05) is 38.3 Å². The molecule has 0 radical (unpaired) electrons. The zero-order chi connectivity index (χ0) is 34.1. The van der Waals surface area contributed by atoms with Crippen molar-refractivity contribution in [3.8, 4) is 33.4 Å². The predicted molar refractivity (Wildman–Crippen MR) is 214 cm³/mol. The van der Waals surface area contributed by atoms with Gasteiger partial charge in [-0.15, -0.1) is 0 Å². The van der Waals surface area contributed by atoms with E-state index in [4.69, 9.17) is 4.42 Å². The van der Waals surface area contributed by atoms with E-state index >= 15 is 0 Å². The maximum absolute atomic E-state index is 6.92. The maximum atomic E-state index is 6.92. The summed E-state index contributed by atoms with van der Waals surface area (Å²) in [6.07, 6.45) is 0. The van der Waals surface area contributed by atoms with Crippen LogP contribution in [0.5, 0.6) is 0 Å². The summed E-state index contributed by atoms with van der Waals surface area (Å²) in [6.45, 7) is 4.74. The standard InChI is InChI=1S/C49H35NO/c1-49(2)42-26-11-8-21-36(42)38-23-15-29-45(46(38)49)50(43-27-12-9-19-34(43)32-16-4-3-5-17-32)44-28-13-10-22-37(44)39-24-14-25-40-41-31-30-33-18-6-7-20-35(33)47(41)51-48(39)40/h3-31H,1-2H3. The number of hydrogen-bond acceptors (Lipinski definition) is 2. The van der Waals surface area contributed by atoms with Gasteiger partial charge in [0.2, 0.25) is 0 Å². The van der Waals surface area contributed by atoms with Gasteiger partial charge in [-0.2, -0.15) is 0 Å². The third-order valence-corrected chi connectivity index (χ3v) is 10.9. The average Bonchev–Trinajstić information content (AvgIpc) is 3.69. The summed E-state index contributed by atoms with van der Waals surface area (Å²) in [5.41, 5.74) is 14.8. The van der Waals surface area contributed by atoms with Gasteiger partial charge in [0.1, 0.15) is 11.2 Å². The summed E-state index contributed by atoms with van der Waals surface area (Å²) >= 11 is 0. The highest BCUT2D eigenvalue weighted by molar-refractivity contribution is 6.17. The summed E-state index contributed by atoms with van der Waals surface area (Å²) < 4.78 is 6.92. The molecule has 0 N–H and O–H groups in total. The molecule has 1 aliphatic carbocycles. The number of para-hydroxylation sites is 3. The van der Waals surface area contributed by atoms with E-state index in [0.717, 1.165) is 49.8 Å². The third-order valence-electron chi connectivity index (χ3n) is 10.9.